The summed E-state index contributed by atoms with van der Waals surface area (Å²) in [6, 6.07) is 8.20. The number of para-hydroxylation sites is 2. The normalized spacial score (nSPS) is 16.0. The first-order chi connectivity index (χ1) is 11.8. The molecule has 0 unspecified atom stereocenters. The van der Waals surface area contributed by atoms with E-state index in [2.05, 4.69) is 25.7 Å². The van der Waals surface area contributed by atoms with Crippen LogP contribution in [-0.2, 0) is 4.74 Å². The highest BCUT2D eigenvalue weighted by molar-refractivity contribution is 5.84. The average molecular weight is 325 g/mol. The number of hydrogen-bond acceptors (Lipinski definition) is 5. The number of rotatable bonds is 5. The minimum atomic E-state index is 0.857. The van der Waals surface area contributed by atoms with Crippen LogP contribution >= 0.6 is 0 Å². The van der Waals surface area contributed by atoms with Gasteiger partial charge in [-0.3, -0.25) is 9.30 Å². The molecule has 0 spiro atoms. The Morgan fingerprint density at radius 3 is 2.88 bits per heavy atom. The van der Waals surface area contributed by atoms with E-state index < -0.39 is 0 Å². The Kier molecular flexibility index (Phi) is 4.32. The predicted molar refractivity (Wildman–Crippen MR) is 95.6 cm³/mol. The molecule has 3 heterocycles. The summed E-state index contributed by atoms with van der Waals surface area (Å²) in [4.78, 5) is 11.7. The molecule has 3 aromatic rings. The second-order valence-corrected chi connectivity index (χ2v) is 6.21. The molecule has 4 rings (SSSR count). The number of imidazole rings is 1. The van der Waals surface area contributed by atoms with Crippen LogP contribution in [0.25, 0.3) is 16.6 Å². The maximum absolute atomic E-state index is 5.39. The molecule has 6 heteroatoms. The van der Waals surface area contributed by atoms with E-state index in [-0.39, 0.29) is 0 Å². The van der Waals surface area contributed by atoms with Gasteiger partial charge in [-0.2, -0.15) is 0 Å². The Morgan fingerprint density at radius 1 is 1.17 bits per heavy atom. The molecule has 0 saturated carbocycles. The Bertz CT molecular complexity index is 838. The number of aromatic nitrogens is 3. The van der Waals surface area contributed by atoms with Gasteiger partial charge in [0.2, 0.25) is 0 Å². The lowest BCUT2D eigenvalue weighted by atomic mass is 10.3. The van der Waals surface area contributed by atoms with Crippen LogP contribution in [0.1, 0.15) is 12.2 Å². The van der Waals surface area contributed by atoms with E-state index in [0.717, 1.165) is 74.0 Å². The van der Waals surface area contributed by atoms with Gasteiger partial charge in [-0.05, 0) is 32.0 Å². The SMILES string of the molecule is Cc1ncc2c(NCCCN3CCOCC3)nc3ccccc3n12. The fourth-order valence-electron chi connectivity index (χ4n) is 3.31. The second-order valence-electron chi connectivity index (χ2n) is 6.21. The lowest BCUT2D eigenvalue weighted by Crippen LogP contribution is -2.37. The number of fused-ring (bicyclic) bond motifs is 3. The van der Waals surface area contributed by atoms with Gasteiger partial charge < -0.3 is 10.1 Å². The quantitative estimate of drug-likeness (QED) is 0.730. The number of ether oxygens (including phenoxy) is 1. The van der Waals surface area contributed by atoms with Crippen molar-refractivity contribution in [1.82, 2.24) is 19.3 Å². The number of anilines is 1. The number of nitrogens with one attached hydrogen (secondary N) is 1. The van der Waals surface area contributed by atoms with Gasteiger partial charge in [0, 0.05) is 19.6 Å². The minimum Gasteiger partial charge on any atom is -0.379 e. The Morgan fingerprint density at radius 2 is 2.00 bits per heavy atom. The number of benzene rings is 1. The van der Waals surface area contributed by atoms with Crippen LogP contribution in [-0.4, -0.2) is 58.7 Å². The van der Waals surface area contributed by atoms with Crippen molar-refractivity contribution in [2.24, 2.45) is 0 Å². The van der Waals surface area contributed by atoms with Gasteiger partial charge in [-0.25, -0.2) is 9.97 Å². The highest BCUT2D eigenvalue weighted by Gasteiger charge is 2.12. The van der Waals surface area contributed by atoms with Crippen molar-refractivity contribution in [3.05, 3.63) is 36.3 Å². The maximum Gasteiger partial charge on any atom is 0.152 e. The Labute approximate surface area is 141 Å². The fraction of sp³-hybridized carbons (Fsp3) is 0.444. The zero-order chi connectivity index (χ0) is 16.4. The molecule has 1 N–H and O–H groups in total. The van der Waals surface area contributed by atoms with Gasteiger partial charge in [0.05, 0.1) is 30.4 Å². The highest BCUT2D eigenvalue weighted by atomic mass is 16.5. The van der Waals surface area contributed by atoms with Crippen LogP contribution in [0.5, 0.6) is 0 Å². The molecule has 0 amide bonds. The van der Waals surface area contributed by atoms with Gasteiger partial charge >= 0.3 is 0 Å². The maximum atomic E-state index is 5.39. The van der Waals surface area contributed by atoms with Crippen LogP contribution < -0.4 is 5.32 Å². The first-order valence-electron chi connectivity index (χ1n) is 8.60. The standard InChI is InChI=1S/C18H23N5O/c1-14-20-13-17-18(19-7-4-8-22-9-11-24-12-10-22)21-15-5-2-3-6-16(15)23(14)17/h2-3,5-6,13H,4,7-12H2,1H3,(H,19,21). The van der Waals surface area contributed by atoms with Crippen molar-refractivity contribution in [2.45, 2.75) is 13.3 Å². The van der Waals surface area contributed by atoms with Gasteiger partial charge in [-0.15, -0.1) is 0 Å². The summed E-state index contributed by atoms with van der Waals surface area (Å²) in [5.74, 6) is 1.90. The van der Waals surface area contributed by atoms with Gasteiger partial charge in [-0.1, -0.05) is 12.1 Å². The summed E-state index contributed by atoms with van der Waals surface area (Å²) in [6.45, 7) is 7.83. The van der Waals surface area contributed by atoms with Gasteiger partial charge in [0.15, 0.2) is 5.82 Å². The van der Waals surface area contributed by atoms with Gasteiger partial charge in [0.25, 0.3) is 0 Å². The molecule has 0 aliphatic carbocycles. The zero-order valence-corrected chi connectivity index (χ0v) is 14.0. The summed E-state index contributed by atoms with van der Waals surface area (Å²) in [5, 5.41) is 3.50. The number of aryl methyl sites for hydroxylation is 1. The van der Waals surface area contributed by atoms with Crippen LogP contribution in [0.15, 0.2) is 30.5 Å². The second kappa shape index (κ2) is 6.75. The molecule has 1 aliphatic heterocycles. The number of nitrogens with zero attached hydrogens (tertiary/aromatic N) is 4. The van der Waals surface area contributed by atoms with E-state index >= 15 is 0 Å². The monoisotopic (exact) mass is 325 g/mol. The summed E-state index contributed by atoms with van der Waals surface area (Å²) < 4.78 is 7.56. The van der Waals surface area contributed by atoms with E-state index in [1.165, 1.54) is 0 Å². The molecule has 126 valence electrons. The van der Waals surface area contributed by atoms with E-state index in [1.807, 2.05) is 31.3 Å². The lowest BCUT2D eigenvalue weighted by molar-refractivity contribution is 0.0378. The number of hydrogen-bond donors (Lipinski definition) is 1. The van der Waals surface area contributed by atoms with Crippen molar-refractivity contribution in [1.29, 1.82) is 0 Å². The van der Waals surface area contributed by atoms with Crippen molar-refractivity contribution < 1.29 is 4.74 Å². The molecule has 6 nitrogen and oxygen atoms in total. The van der Waals surface area contributed by atoms with Crippen molar-refractivity contribution in [2.75, 3.05) is 44.7 Å². The van der Waals surface area contributed by atoms with E-state index in [1.54, 1.807) is 0 Å². The highest BCUT2D eigenvalue weighted by Crippen LogP contribution is 2.22. The van der Waals surface area contributed by atoms with E-state index in [0.29, 0.717) is 0 Å². The first-order valence-corrected chi connectivity index (χ1v) is 8.60. The third-order valence-corrected chi connectivity index (χ3v) is 4.58. The van der Waals surface area contributed by atoms with E-state index in [9.17, 15) is 0 Å². The van der Waals surface area contributed by atoms with Crippen molar-refractivity contribution in [3.8, 4) is 0 Å². The van der Waals surface area contributed by atoms with Crippen LogP contribution in [0.3, 0.4) is 0 Å². The van der Waals surface area contributed by atoms with Gasteiger partial charge in [0.1, 0.15) is 11.3 Å². The topological polar surface area (TPSA) is 54.7 Å². The van der Waals surface area contributed by atoms with Crippen molar-refractivity contribution >= 4 is 22.4 Å². The summed E-state index contributed by atoms with van der Waals surface area (Å²) in [6.07, 6.45) is 2.99. The molecule has 1 fully saturated rings. The minimum absolute atomic E-state index is 0.857. The number of morpholine rings is 1. The predicted octanol–water partition coefficient (Wildman–Crippen LogP) is 2.33. The average Bonchev–Trinajstić information content (AvgIpc) is 3.02. The molecule has 24 heavy (non-hydrogen) atoms. The van der Waals surface area contributed by atoms with Crippen LogP contribution in [0, 0.1) is 6.92 Å². The molecular weight excluding hydrogens is 302 g/mol. The van der Waals surface area contributed by atoms with Crippen molar-refractivity contribution in [3.63, 3.8) is 0 Å². The molecule has 2 aromatic heterocycles. The fourth-order valence-corrected chi connectivity index (χ4v) is 3.31. The third-order valence-electron chi connectivity index (χ3n) is 4.58. The third kappa shape index (κ3) is 2.95. The first kappa shape index (κ1) is 15.4. The zero-order valence-electron chi connectivity index (χ0n) is 14.0. The van der Waals surface area contributed by atoms with Crippen LogP contribution in [0.2, 0.25) is 0 Å². The molecule has 0 radical (unpaired) electrons. The molecular formula is C18H23N5O. The Balaban J connectivity index is 1.50. The smallest absolute Gasteiger partial charge is 0.152 e. The molecule has 0 bridgehead atoms. The molecule has 1 aromatic carbocycles. The summed E-state index contributed by atoms with van der Waals surface area (Å²) in [7, 11) is 0. The molecule has 1 aliphatic rings. The molecule has 0 atom stereocenters. The molecule has 1 saturated heterocycles. The summed E-state index contributed by atoms with van der Waals surface area (Å²) in [5.41, 5.74) is 3.13. The summed E-state index contributed by atoms with van der Waals surface area (Å²) >= 11 is 0. The lowest BCUT2D eigenvalue weighted by Gasteiger charge is -2.26. The Hall–Kier alpha value is -2.18. The van der Waals surface area contributed by atoms with E-state index in [4.69, 9.17) is 9.72 Å². The largest absolute Gasteiger partial charge is 0.379 e. The van der Waals surface area contributed by atoms with Crippen LogP contribution in [0.4, 0.5) is 5.82 Å².